The number of rotatable bonds is 4. The molecule has 2 aromatic rings. The Kier molecular flexibility index (Phi) is 3.68. The SMILES string of the molecule is Nc1n[nH]c2c(OCCN3CCCC3=O)ccc(I)c12. The number of hydrogen-bond donors (Lipinski definition) is 2. The van der Waals surface area contributed by atoms with Crippen LogP contribution in [0.5, 0.6) is 5.75 Å². The maximum atomic E-state index is 11.5. The largest absolute Gasteiger partial charge is 0.489 e. The molecule has 106 valence electrons. The molecule has 1 aromatic heterocycles. The molecule has 3 N–H and O–H groups in total. The molecule has 1 aromatic carbocycles. The van der Waals surface area contributed by atoms with E-state index in [1.54, 1.807) is 0 Å². The van der Waals surface area contributed by atoms with E-state index in [0.29, 0.717) is 25.4 Å². The molecular weight excluding hydrogens is 371 g/mol. The smallest absolute Gasteiger partial charge is 0.222 e. The van der Waals surface area contributed by atoms with Crippen molar-refractivity contribution in [3.8, 4) is 5.75 Å². The summed E-state index contributed by atoms with van der Waals surface area (Å²) in [5, 5.41) is 7.81. The molecule has 6 nitrogen and oxygen atoms in total. The van der Waals surface area contributed by atoms with Crippen LogP contribution in [0.1, 0.15) is 12.8 Å². The molecule has 0 unspecified atom stereocenters. The number of nitrogen functional groups attached to an aromatic ring is 1. The van der Waals surface area contributed by atoms with E-state index in [1.165, 1.54) is 0 Å². The van der Waals surface area contributed by atoms with Crippen LogP contribution >= 0.6 is 22.6 Å². The monoisotopic (exact) mass is 386 g/mol. The van der Waals surface area contributed by atoms with Crippen molar-refractivity contribution in [3.05, 3.63) is 15.7 Å². The van der Waals surface area contributed by atoms with Gasteiger partial charge in [-0.05, 0) is 41.1 Å². The predicted octanol–water partition coefficient (Wildman–Crippen LogP) is 1.75. The lowest BCUT2D eigenvalue weighted by molar-refractivity contribution is -0.128. The lowest BCUT2D eigenvalue weighted by Crippen LogP contribution is -2.29. The number of nitrogens with zero attached hydrogens (tertiary/aromatic N) is 2. The number of carbonyl (C=O) groups is 1. The second-order valence-electron chi connectivity index (χ2n) is 4.74. The first-order chi connectivity index (χ1) is 9.66. The first-order valence-electron chi connectivity index (χ1n) is 6.49. The molecule has 3 rings (SSSR count). The van der Waals surface area contributed by atoms with E-state index in [1.807, 2.05) is 17.0 Å². The molecule has 0 saturated carbocycles. The number of hydrogen-bond acceptors (Lipinski definition) is 4. The zero-order chi connectivity index (χ0) is 14.1. The molecule has 0 atom stereocenters. The lowest BCUT2D eigenvalue weighted by atomic mass is 10.2. The molecule has 1 saturated heterocycles. The molecule has 0 bridgehead atoms. The number of carbonyl (C=O) groups excluding carboxylic acids is 1. The summed E-state index contributed by atoms with van der Waals surface area (Å²) in [5.74, 6) is 1.41. The summed E-state index contributed by atoms with van der Waals surface area (Å²) in [6, 6.07) is 3.85. The summed E-state index contributed by atoms with van der Waals surface area (Å²) >= 11 is 2.22. The van der Waals surface area contributed by atoms with E-state index in [0.717, 1.165) is 33.2 Å². The van der Waals surface area contributed by atoms with E-state index in [2.05, 4.69) is 32.8 Å². The fourth-order valence-electron chi connectivity index (χ4n) is 2.42. The minimum atomic E-state index is 0.215. The highest BCUT2D eigenvalue weighted by atomic mass is 127. The van der Waals surface area contributed by atoms with Gasteiger partial charge < -0.3 is 15.4 Å². The fourth-order valence-corrected chi connectivity index (χ4v) is 3.14. The van der Waals surface area contributed by atoms with Crippen LogP contribution in [0.25, 0.3) is 10.9 Å². The van der Waals surface area contributed by atoms with Crippen molar-refractivity contribution in [2.45, 2.75) is 12.8 Å². The van der Waals surface area contributed by atoms with E-state index < -0.39 is 0 Å². The molecule has 7 heteroatoms. The molecule has 1 aliphatic rings. The lowest BCUT2D eigenvalue weighted by Gasteiger charge is -2.16. The third-order valence-electron chi connectivity index (χ3n) is 3.45. The summed E-state index contributed by atoms with van der Waals surface area (Å²) in [6.07, 6.45) is 1.61. The number of anilines is 1. The standard InChI is InChI=1S/C13H15IN4O2/c14-8-3-4-9(12-11(8)13(15)17-16-12)20-7-6-18-5-1-2-10(18)19/h3-4H,1-2,5-7H2,(H3,15,16,17). The van der Waals surface area contributed by atoms with Crippen LogP contribution in [0.3, 0.4) is 0 Å². The fraction of sp³-hybridized carbons (Fsp3) is 0.385. The quantitative estimate of drug-likeness (QED) is 0.785. The number of aromatic nitrogens is 2. The molecular formula is C13H15IN4O2. The molecule has 0 radical (unpaired) electrons. The summed E-state index contributed by atoms with van der Waals surface area (Å²) < 4.78 is 6.81. The number of fused-ring (bicyclic) bond motifs is 1. The highest BCUT2D eigenvalue weighted by Gasteiger charge is 2.19. The predicted molar refractivity (Wildman–Crippen MR) is 84.5 cm³/mol. The Hall–Kier alpha value is -1.51. The van der Waals surface area contributed by atoms with Crippen LogP contribution in [0.2, 0.25) is 0 Å². The number of ether oxygens (including phenoxy) is 1. The van der Waals surface area contributed by atoms with Gasteiger partial charge in [-0.25, -0.2) is 0 Å². The van der Waals surface area contributed by atoms with Crippen LogP contribution in [-0.4, -0.2) is 40.7 Å². The van der Waals surface area contributed by atoms with E-state index in [9.17, 15) is 4.79 Å². The van der Waals surface area contributed by atoms with E-state index in [4.69, 9.17) is 10.5 Å². The number of nitrogens with two attached hydrogens (primary N) is 1. The van der Waals surface area contributed by atoms with Crippen molar-refractivity contribution in [2.24, 2.45) is 0 Å². The first kappa shape index (κ1) is 13.5. The van der Waals surface area contributed by atoms with Gasteiger partial charge in [0.15, 0.2) is 5.82 Å². The van der Waals surface area contributed by atoms with Gasteiger partial charge in [-0.15, -0.1) is 0 Å². The minimum absolute atomic E-state index is 0.215. The summed E-state index contributed by atoms with van der Waals surface area (Å²) in [4.78, 5) is 13.4. The summed E-state index contributed by atoms with van der Waals surface area (Å²) in [7, 11) is 0. The van der Waals surface area contributed by atoms with Gasteiger partial charge in [0.05, 0.1) is 11.9 Å². The summed E-state index contributed by atoms with van der Waals surface area (Å²) in [5.41, 5.74) is 6.64. The Bertz CT molecular complexity index is 655. The molecule has 1 amide bonds. The van der Waals surface area contributed by atoms with Crippen molar-refractivity contribution in [1.82, 2.24) is 15.1 Å². The van der Waals surface area contributed by atoms with Crippen LogP contribution in [-0.2, 0) is 4.79 Å². The maximum Gasteiger partial charge on any atom is 0.222 e. The van der Waals surface area contributed by atoms with Gasteiger partial charge in [0.25, 0.3) is 0 Å². The van der Waals surface area contributed by atoms with Crippen molar-refractivity contribution in [1.29, 1.82) is 0 Å². The first-order valence-corrected chi connectivity index (χ1v) is 7.57. The number of aromatic amines is 1. The van der Waals surface area contributed by atoms with Gasteiger partial charge >= 0.3 is 0 Å². The Morgan fingerprint density at radius 3 is 3.10 bits per heavy atom. The Morgan fingerprint density at radius 2 is 2.35 bits per heavy atom. The molecule has 0 spiro atoms. The van der Waals surface area contributed by atoms with Gasteiger partial charge in [-0.2, -0.15) is 5.10 Å². The van der Waals surface area contributed by atoms with Crippen LogP contribution < -0.4 is 10.5 Å². The highest BCUT2D eigenvalue weighted by molar-refractivity contribution is 14.1. The van der Waals surface area contributed by atoms with Gasteiger partial charge in [0.2, 0.25) is 5.91 Å². The Labute approximate surface area is 129 Å². The topological polar surface area (TPSA) is 84.2 Å². The second kappa shape index (κ2) is 5.47. The van der Waals surface area contributed by atoms with Crippen LogP contribution in [0, 0.1) is 3.57 Å². The van der Waals surface area contributed by atoms with Crippen molar-refractivity contribution < 1.29 is 9.53 Å². The number of H-pyrrole nitrogens is 1. The highest BCUT2D eigenvalue weighted by Crippen LogP contribution is 2.31. The number of amides is 1. The van der Waals surface area contributed by atoms with Crippen molar-refractivity contribution in [2.75, 3.05) is 25.4 Å². The Balaban J connectivity index is 1.72. The maximum absolute atomic E-state index is 11.5. The third kappa shape index (κ3) is 2.41. The number of likely N-dealkylation sites (tertiary alicyclic amines) is 1. The minimum Gasteiger partial charge on any atom is -0.489 e. The molecule has 1 aliphatic heterocycles. The number of nitrogens with one attached hydrogen (secondary N) is 1. The molecule has 1 fully saturated rings. The van der Waals surface area contributed by atoms with Crippen molar-refractivity contribution in [3.63, 3.8) is 0 Å². The van der Waals surface area contributed by atoms with E-state index in [-0.39, 0.29) is 5.91 Å². The Morgan fingerprint density at radius 1 is 1.50 bits per heavy atom. The zero-order valence-corrected chi connectivity index (χ0v) is 13.0. The zero-order valence-electron chi connectivity index (χ0n) is 10.9. The number of benzene rings is 1. The normalized spacial score (nSPS) is 15.2. The van der Waals surface area contributed by atoms with E-state index >= 15 is 0 Å². The molecule has 0 aliphatic carbocycles. The summed E-state index contributed by atoms with van der Waals surface area (Å²) in [6.45, 7) is 1.93. The number of halogens is 1. The second-order valence-corrected chi connectivity index (χ2v) is 5.90. The van der Waals surface area contributed by atoms with Gasteiger partial charge in [-0.3, -0.25) is 9.89 Å². The van der Waals surface area contributed by atoms with Gasteiger partial charge in [0.1, 0.15) is 17.9 Å². The van der Waals surface area contributed by atoms with Crippen LogP contribution in [0.4, 0.5) is 5.82 Å². The molecule has 2 heterocycles. The van der Waals surface area contributed by atoms with Crippen LogP contribution in [0.15, 0.2) is 12.1 Å². The van der Waals surface area contributed by atoms with Gasteiger partial charge in [-0.1, -0.05) is 0 Å². The third-order valence-corrected chi connectivity index (χ3v) is 4.35. The van der Waals surface area contributed by atoms with Gasteiger partial charge in [0, 0.05) is 16.5 Å². The van der Waals surface area contributed by atoms with Crippen molar-refractivity contribution >= 4 is 45.2 Å². The molecule has 20 heavy (non-hydrogen) atoms. The average molecular weight is 386 g/mol. The average Bonchev–Trinajstić information content (AvgIpc) is 3.00.